The molecule has 0 aliphatic heterocycles. The standard InChI is InChI=1S/C14H17BrFNO2/c15-12-7-10(3-6-13(12)16)14(19)17-11-4-1-9(8-18)2-5-11/h3,6-7,9,11,18H,1-2,4-5,8H2,(H,17,19). The number of amides is 1. The highest BCUT2D eigenvalue weighted by Gasteiger charge is 2.22. The summed E-state index contributed by atoms with van der Waals surface area (Å²) >= 11 is 3.07. The van der Waals surface area contributed by atoms with Gasteiger partial charge in [-0.25, -0.2) is 4.39 Å². The van der Waals surface area contributed by atoms with Crippen molar-refractivity contribution in [2.24, 2.45) is 5.92 Å². The van der Waals surface area contributed by atoms with Crippen LogP contribution < -0.4 is 5.32 Å². The van der Waals surface area contributed by atoms with Crippen LogP contribution in [0.1, 0.15) is 36.0 Å². The Labute approximate surface area is 120 Å². The zero-order chi connectivity index (χ0) is 13.8. The second-order valence-electron chi connectivity index (χ2n) is 5.00. The Morgan fingerprint density at radius 2 is 2.05 bits per heavy atom. The number of carbonyl (C=O) groups excluding carboxylic acids is 1. The lowest BCUT2D eigenvalue weighted by Gasteiger charge is -2.28. The first-order chi connectivity index (χ1) is 9.10. The molecule has 0 spiro atoms. The van der Waals surface area contributed by atoms with E-state index in [0.717, 1.165) is 25.7 Å². The predicted molar refractivity (Wildman–Crippen MR) is 74.4 cm³/mol. The fourth-order valence-electron chi connectivity index (χ4n) is 2.40. The summed E-state index contributed by atoms with van der Waals surface area (Å²) in [4.78, 5) is 12.0. The maximum Gasteiger partial charge on any atom is 0.251 e. The van der Waals surface area contributed by atoms with Gasteiger partial charge in [-0.1, -0.05) is 0 Å². The van der Waals surface area contributed by atoms with Gasteiger partial charge < -0.3 is 10.4 Å². The van der Waals surface area contributed by atoms with Gasteiger partial charge in [-0.2, -0.15) is 0 Å². The van der Waals surface area contributed by atoms with Crippen molar-refractivity contribution in [2.45, 2.75) is 31.7 Å². The van der Waals surface area contributed by atoms with Gasteiger partial charge in [0.25, 0.3) is 5.91 Å². The van der Waals surface area contributed by atoms with Crippen LogP contribution in [0.15, 0.2) is 22.7 Å². The van der Waals surface area contributed by atoms with Gasteiger partial charge in [0.2, 0.25) is 0 Å². The molecule has 1 saturated carbocycles. The summed E-state index contributed by atoms with van der Waals surface area (Å²) in [6.07, 6.45) is 3.65. The van der Waals surface area contributed by atoms with E-state index in [1.807, 2.05) is 0 Å². The highest BCUT2D eigenvalue weighted by atomic mass is 79.9. The van der Waals surface area contributed by atoms with Crippen LogP contribution in [0.3, 0.4) is 0 Å². The summed E-state index contributed by atoms with van der Waals surface area (Å²) in [6, 6.07) is 4.40. The van der Waals surface area contributed by atoms with Crippen LogP contribution in [0.25, 0.3) is 0 Å². The monoisotopic (exact) mass is 329 g/mol. The zero-order valence-electron chi connectivity index (χ0n) is 10.5. The number of hydrogen-bond donors (Lipinski definition) is 2. The molecule has 104 valence electrons. The second kappa shape index (κ2) is 6.48. The van der Waals surface area contributed by atoms with Crippen LogP contribution in [0.5, 0.6) is 0 Å². The van der Waals surface area contributed by atoms with Gasteiger partial charge in [-0.3, -0.25) is 4.79 Å². The third-order valence-corrected chi connectivity index (χ3v) is 4.23. The minimum absolute atomic E-state index is 0.152. The van der Waals surface area contributed by atoms with Crippen LogP contribution in [0.2, 0.25) is 0 Å². The van der Waals surface area contributed by atoms with E-state index in [-0.39, 0.29) is 24.4 Å². The number of carbonyl (C=O) groups is 1. The molecule has 19 heavy (non-hydrogen) atoms. The van der Waals surface area contributed by atoms with Crippen LogP contribution in [-0.2, 0) is 0 Å². The summed E-state index contributed by atoms with van der Waals surface area (Å²) in [7, 11) is 0. The van der Waals surface area contributed by atoms with Gasteiger partial charge in [0.15, 0.2) is 0 Å². The number of aliphatic hydroxyl groups excluding tert-OH is 1. The van der Waals surface area contributed by atoms with Crippen molar-refractivity contribution in [3.63, 3.8) is 0 Å². The Balaban J connectivity index is 1.92. The molecule has 0 bridgehead atoms. The average Bonchev–Trinajstić information content (AvgIpc) is 2.42. The first-order valence-electron chi connectivity index (χ1n) is 6.47. The second-order valence-corrected chi connectivity index (χ2v) is 5.86. The molecule has 1 aliphatic carbocycles. The van der Waals surface area contributed by atoms with E-state index in [9.17, 15) is 9.18 Å². The molecular formula is C14H17BrFNO2. The molecule has 2 rings (SSSR count). The van der Waals surface area contributed by atoms with Gasteiger partial charge in [0.1, 0.15) is 5.82 Å². The summed E-state index contributed by atoms with van der Waals surface area (Å²) in [5, 5.41) is 12.0. The molecule has 5 heteroatoms. The molecule has 0 unspecified atom stereocenters. The molecule has 2 N–H and O–H groups in total. The highest BCUT2D eigenvalue weighted by Crippen LogP contribution is 2.24. The lowest BCUT2D eigenvalue weighted by atomic mass is 9.86. The van der Waals surface area contributed by atoms with Gasteiger partial charge in [0, 0.05) is 18.2 Å². The van der Waals surface area contributed by atoms with Gasteiger partial charge in [0.05, 0.1) is 4.47 Å². The van der Waals surface area contributed by atoms with E-state index in [4.69, 9.17) is 5.11 Å². The van der Waals surface area contributed by atoms with Crippen LogP contribution in [-0.4, -0.2) is 23.7 Å². The maximum absolute atomic E-state index is 13.1. The van der Waals surface area contributed by atoms with Crippen LogP contribution >= 0.6 is 15.9 Å². The summed E-state index contributed by atoms with van der Waals surface area (Å²) < 4.78 is 13.4. The third kappa shape index (κ3) is 3.76. The Hall–Kier alpha value is -0.940. The molecule has 1 fully saturated rings. The van der Waals surface area contributed by atoms with E-state index >= 15 is 0 Å². The van der Waals surface area contributed by atoms with E-state index in [0.29, 0.717) is 16.0 Å². The van der Waals surface area contributed by atoms with Crippen molar-refractivity contribution in [3.05, 3.63) is 34.1 Å². The number of aliphatic hydroxyl groups is 1. The Morgan fingerprint density at radius 3 is 2.63 bits per heavy atom. The third-order valence-electron chi connectivity index (χ3n) is 3.62. The number of rotatable bonds is 3. The molecule has 1 amide bonds. The molecule has 0 radical (unpaired) electrons. The topological polar surface area (TPSA) is 49.3 Å². The van der Waals surface area contributed by atoms with Crippen molar-refractivity contribution in [1.29, 1.82) is 0 Å². The molecule has 0 atom stereocenters. The SMILES string of the molecule is O=C(NC1CCC(CO)CC1)c1ccc(F)c(Br)c1. The fraction of sp³-hybridized carbons (Fsp3) is 0.500. The zero-order valence-corrected chi connectivity index (χ0v) is 12.1. The van der Waals surface area contributed by atoms with Crippen molar-refractivity contribution in [2.75, 3.05) is 6.61 Å². The smallest absolute Gasteiger partial charge is 0.251 e. The molecular weight excluding hydrogens is 313 g/mol. The summed E-state index contributed by atoms with van der Waals surface area (Å²) in [5.41, 5.74) is 0.456. The Morgan fingerprint density at radius 1 is 1.37 bits per heavy atom. The first-order valence-corrected chi connectivity index (χ1v) is 7.26. The van der Waals surface area contributed by atoms with Crippen molar-refractivity contribution >= 4 is 21.8 Å². The largest absolute Gasteiger partial charge is 0.396 e. The Kier molecular flexibility index (Phi) is 4.93. The van der Waals surface area contributed by atoms with Gasteiger partial charge >= 0.3 is 0 Å². The first kappa shape index (κ1) is 14.5. The number of benzene rings is 1. The van der Waals surface area contributed by atoms with Gasteiger partial charge in [-0.15, -0.1) is 0 Å². The van der Waals surface area contributed by atoms with Crippen molar-refractivity contribution in [3.8, 4) is 0 Å². The van der Waals surface area contributed by atoms with Crippen LogP contribution in [0.4, 0.5) is 4.39 Å². The molecule has 0 heterocycles. The number of nitrogens with one attached hydrogen (secondary N) is 1. The molecule has 3 nitrogen and oxygen atoms in total. The summed E-state index contributed by atoms with van der Waals surface area (Å²) in [6.45, 7) is 0.228. The highest BCUT2D eigenvalue weighted by molar-refractivity contribution is 9.10. The molecule has 1 aromatic rings. The van der Waals surface area contributed by atoms with Crippen LogP contribution in [0, 0.1) is 11.7 Å². The Bertz CT molecular complexity index is 459. The van der Waals surface area contributed by atoms with Crippen molar-refractivity contribution < 1.29 is 14.3 Å². The predicted octanol–water partition coefficient (Wildman–Crippen LogP) is 2.87. The minimum Gasteiger partial charge on any atom is -0.396 e. The summed E-state index contributed by atoms with van der Waals surface area (Å²) in [5.74, 6) is -0.179. The number of hydrogen-bond acceptors (Lipinski definition) is 2. The number of halogens is 2. The molecule has 0 aromatic heterocycles. The van der Waals surface area contributed by atoms with E-state index < -0.39 is 0 Å². The normalized spacial score (nSPS) is 23.1. The van der Waals surface area contributed by atoms with Gasteiger partial charge in [-0.05, 0) is 65.7 Å². The minimum atomic E-state index is -0.375. The quantitative estimate of drug-likeness (QED) is 0.895. The molecule has 1 aliphatic rings. The van der Waals surface area contributed by atoms with Crippen molar-refractivity contribution in [1.82, 2.24) is 5.32 Å². The van der Waals surface area contributed by atoms with E-state index in [2.05, 4.69) is 21.2 Å². The molecule has 0 saturated heterocycles. The fourth-order valence-corrected chi connectivity index (χ4v) is 2.77. The molecule has 1 aromatic carbocycles. The lowest BCUT2D eigenvalue weighted by Crippen LogP contribution is -2.38. The maximum atomic E-state index is 13.1. The average molecular weight is 330 g/mol. The van der Waals surface area contributed by atoms with E-state index in [1.54, 1.807) is 0 Å². The van der Waals surface area contributed by atoms with E-state index in [1.165, 1.54) is 18.2 Å². The lowest BCUT2D eigenvalue weighted by molar-refractivity contribution is 0.0914.